The molecule has 0 aromatic heterocycles. The summed E-state index contributed by atoms with van der Waals surface area (Å²) in [7, 11) is 0. The Morgan fingerprint density at radius 2 is 1.29 bits per heavy atom. The van der Waals surface area contributed by atoms with E-state index in [0.29, 0.717) is 0 Å². The van der Waals surface area contributed by atoms with Gasteiger partial charge in [0.25, 0.3) is 0 Å². The Labute approximate surface area is 99.9 Å². The molecule has 0 radical (unpaired) electrons. The third-order valence-corrected chi connectivity index (χ3v) is 2.42. The first-order valence-electron chi connectivity index (χ1n) is 5.35. The third kappa shape index (κ3) is 2.84. The molecule has 0 atom stereocenters. The predicted molar refractivity (Wildman–Crippen MR) is 64.9 cm³/mol. The molecule has 2 aromatic carbocycles. The number of carbonyl (C=O) groups excluding carboxylic acids is 1. The maximum absolute atomic E-state index is 10.8. The maximum Gasteiger partial charge on any atom is 0.0627 e. The van der Waals surface area contributed by atoms with Gasteiger partial charge in [-0.15, -0.1) is 0 Å². The van der Waals surface area contributed by atoms with Crippen LogP contribution in [0.15, 0.2) is 60.7 Å². The Morgan fingerprint density at radius 1 is 0.882 bits per heavy atom. The number of carboxylic acids is 1. The van der Waals surface area contributed by atoms with Crippen LogP contribution in [0.25, 0.3) is 0 Å². The van der Waals surface area contributed by atoms with Crippen molar-refractivity contribution >= 4 is 17.3 Å². The van der Waals surface area contributed by atoms with Crippen molar-refractivity contribution in [2.45, 2.75) is 0 Å². The van der Waals surface area contributed by atoms with E-state index in [9.17, 15) is 9.90 Å². The van der Waals surface area contributed by atoms with Gasteiger partial charge in [-0.25, -0.2) is 0 Å². The van der Waals surface area contributed by atoms with E-state index in [-0.39, 0.29) is 6.54 Å². The van der Waals surface area contributed by atoms with Crippen molar-refractivity contribution in [1.82, 2.24) is 0 Å². The van der Waals surface area contributed by atoms with E-state index in [4.69, 9.17) is 0 Å². The standard InChI is InChI=1S/C14H13NO2/c16-14(17)11-15(12-7-3-1-4-8-12)13-9-5-2-6-10-13/h1-10H,11H2,(H,16,17)/p-1. The number of nitrogens with zero attached hydrogens (tertiary/aromatic N) is 1. The molecule has 0 heterocycles. The van der Waals surface area contributed by atoms with Crippen molar-refractivity contribution in [3.05, 3.63) is 60.7 Å². The van der Waals surface area contributed by atoms with Crippen molar-refractivity contribution < 1.29 is 9.90 Å². The van der Waals surface area contributed by atoms with Gasteiger partial charge in [0.2, 0.25) is 0 Å². The Bertz CT molecular complexity index is 443. The number of carboxylic acid groups (broad SMARTS) is 1. The SMILES string of the molecule is O=C([O-])CN(c1ccccc1)c1ccccc1. The van der Waals surface area contributed by atoms with Gasteiger partial charge < -0.3 is 14.8 Å². The smallest absolute Gasteiger partial charge is 0.0627 e. The minimum atomic E-state index is -1.10. The maximum atomic E-state index is 10.8. The fraction of sp³-hybridized carbons (Fsp3) is 0.0714. The molecule has 86 valence electrons. The second-order valence-corrected chi connectivity index (χ2v) is 3.63. The van der Waals surface area contributed by atoms with Gasteiger partial charge in [0.15, 0.2) is 0 Å². The fourth-order valence-electron chi connectivity index (χ4n) is 1.68. The van der Waals surface area contributed by atoms with Gasteiger partial charge >= 0.3 is 0 Å². The molecule has 0 aliphatic carbocycles. The van der Waals surface area contributed by atoms with E-state index in [1.807, 2.05) is 60.7 Å². The van der Waals surface area contributed by atoms with Gasteiger partial charge in [0.05, 0.1) is 12.5 Å². The molecule has 0 aliphatic rings. The zero-order valence-corrected chi connectivity index (χ0v) is 9.24. The first kappa shape index (κ1) is 11.2. The first-order valence-corrected chi connectivity index (χ1v) is 5.35. The summed E-state index contributed by atoms with van der Waals surface area (Å²) in [6.45, 7) is -0.159. The normalized spacial score (nSPS) is 9.88. The summed E-state index contributed by atoms with van der Waals surface area (Å²) in [4.78, 5) is 12.5. The monoisotopic (exact) mass is 226 g/mol. The zero-order chi connectivity index (χ0) is 12.1. The van der Waals surface area contributed by atoms with Gasteiger partial charge in [-0.05, 0) is 24.3 Å². The first-order chi connectivity index (χ1) is 8.27. The van der Waals surface area contributed by atoms with E-state index in [1.165, 1.54) is 0 Å². The van der Waals surface area contributed by atoms with Gasteiger partial charge in [0.1, 0.15) is 0 Å². The average Bonchev–Trinajstić information content (AvgIpc) is 2.38. The van der Waals surface area contributed by atoms with Crippen molar-refractivity contribution in [2.24, 2.45) is 0 Å². The average molecular weight is 226 g/mol. The molecule has 0 unspecified atom stereocenters. The molecule has 2 rings (SSSR count). The Morgan fingerprint density at radius 3 is 1.65 bits per heavy atom. The molecular formula is C14H12NO2-. The van der Waals surface area contributed by atoms with E-state index >= 15 is 0 Å². The number of aliphatic carboxylic acids is 1. The van der Waals surface area contributed by atoms with Crippen molar-refractivity contribution in [1.29, 1.82) is 0 Å². The summed E-state index contributed by atoms with van der Waals surface area (Å²) in [5, 5.41) is 10.8. The van der Waals surface area contributed by atoms with Crippen molar-refractivity contribution in [3.8, 4) is 0 Å². The van der Waals surface area contributed by atoms with Crippen molar-refractivity contribution in [2.75, 3.05) is 11.4 Å². The fourth-order valence-corrected chi connectivity index (χ4v) is 1.68. The Hall–Kier alpha value is -2.29. The highest BCUT2D eigenvalue weighted by Gasteiger charge is 2.08. The van der Waals surface area contributed by atoms with Gasteiger partial charge in [0, 0.05) is 11.4 Å². The van der Waals surface area contributed by atoms with Crippen LogP contribution in [0.2, 0.25) is 0 Å². The number of hydrogen-bond donors (Lipinski definition) is 0. The van der Waals surface area contributed by atoms with Crippen LogP contribution in [-0.4, -0.2) is 12.5 Å². The second-order valence-electron chi connectivity index (χ2n) is 3.63. The highest BCUT2D eigenvalue weighted by Crippen LogP contribution is 2.23. The zero-order valence-electron chi connectivity index (χ0n) is 9.24. The number of benzene rings is 2. The summed E-state index contributed by atoms with van der Waals surface area (Å²) in [6, 6.07) is 18.8. The molecule has 3 nitrogen and oxygen atoms in total. The molecule has 17 heavy (non-hydrogen) atoms. The molecule has 0 aliphatic heterocycles. The number of anilines is 2. The van der Waals surface area contributed by atoms with Crippen LogP contribution in [0, 0.1) is 0 Å². The lowest BCUT2D eigenvalue weighted by atomic mass is 10.2. The van der Waals surface area contributed by atoms with E-state index in [1.54, 1.807) is 4.90 Å². The molecule has 2 aromatic rings. The summed E-state index contributed by atoms with van der Waals surface area (Å²) >= 11 is 0. The van der Waals surface area contributed by atoms with E-state index in [2.05, 4.69) is 0 Å². The Kier molecular flexibility index (Phi) is 3.40. The van der Waals surface area contributed by atoms with Gasteiger partial charge in [-0.1, -0.05) is 36.4 Å². The summed E-state index contributed by atoms with van der Waals surface area (Å²) < 4.78 is 0. The molecule has 3 heteroatoms. The van der Waals surface area contributed by atoms with Crippen LogP contribution in [-0.2, 0) is 4.79 Å². The predicted octanol–water partition coefficient (Wildman–Crippen LogP) is 1.57. The highest BCUT2D eigenvalue weighted by atomic mass is 16.4. The van der Waals surface area contributed by atoms with E-state index < -0.39 is 5.97 Å². The molecule has 0 amide bonds. The topological polar surface area (TPSA) is 43.4 Å². The van der Waals surface area contributed by atoms with Gasteiger partial charge in [-0.3, -0.25) is 0 Å². The minimum absolute atomic E-state index is 0.159. The van der Waals surface area contributed by atoms with Gasteiger partial charge in [-0.2, -0.15) is 0 Å². The number of hydrogen-bond acceptors (Lipinski definition) is 3. The third-order valence-electron chi connectivity index (χ3n) is 2.42. The largest absolute Gasteiger partial charge is 0.548 e. The van der Waals surface area contributed by atoms with Crippen LogP contribution in [0.4, 0.5) is 11.4 Å². The summed E-state index contributed by atoms with van der Waals surface area (Å²) in [5.41, 5.74) is 1.67. The molecule has 0 saturated carbocycles. The number of carbonyl (C=O) groups is 1. The molecule has 0 spiro atoms. The molecular weight excluding hydrogens is 214 g/mol. The number of para-hydroxylation sites is 2. The summed E-state index contributed by atoms with van der Waals surface area (Å²) in [6.07, 6.45) is 0. The minimum Gasteiger partial charge on any atom is -0.548 e. The lowest BCUT2D eigenvalue weighted by Gasteiger charge is -2.25. The van der Waals surface area contributed by atoms with Crippen molar-refractivity contribution in [3.63, 3.8) is 0 Å². The Balaban J connectivity index is 2.36. The lowest BCUT2D eigenvalue weighted by Crippen LogP contribution is -2.35. The second kappa shape index (κ2) is 5.16. The van der Waals surface area contributed by atoms with Crippen LogP contribution >= 0.6 is 0 Å². The molecule has 0 N–H and O–H groups in total. The summed E-state index contributed by atoms with van der Waals surface area (Å²) in [5.74, 6) is -1.10. The molecule has 0 bridgehead atoms. The van der Waals surface area contributed by atoms with Crippen LogP contribution in [0.3, 0.4) is 0 Å². The van der Waals surface area contributed by atoms with Crippen LogP contribution in [0.5, 0.6) is 0 Å². The molecule has 0 fully saturated rings. The van der Waals surface area contributed by atoms with Crippen LogP contribution in [0.1, 0.15) is 0 Å². The molecule has 0 saturated heterocycles. The van der Waals surface area contributed by atoms with E-state index in [0.717, 1.165) is 11.4 Å². The highest BCUT2D eigenvalue weighted by molar-refractivity contribution is 5.77. The quantitative estimate of drug-likeness (QED) is 0.794. The van der Waals surface area contributed by atoms with Crippen LogP contribution < -0.4 is 10.0 Å². The lowest BCUT2D eigenvalue weighted by molar-refractivity contribution is -0.303. The number of rotatable bonds is 4.